The molecule has 0 radical (unpaired) electrons. The number of fused-ring (bicyclic) bond motifs is 2. The highest BCUT2D eigenvalue weighted by atomic mass is 19.1. The van der Waals surface area contributed by atoms with Crippen molar-refractivity contribution in [1.29, 1.82) is 0 Å². The van der Waals surface area contributed by atoms with E-state index in [-0.39, 0.29) is 24.2 Å². The molecule has 2 aliphatic carbocycles. The zero-order valence-corrected chi connectivity index (χ0v) is 18.1. The highest BCUT2D eigenvalue weighted by molar-refractivity contribution is 5.97. The van der Waals surface area contributed by atoms with Crippen LogP contribution in [-0.2, 0) is 9.53 Å². The number of H-pyrrole nitrogens is 1. The van der Waals surface area contributed by atoms with Crippen LogP contribution in [0.5, 0.6) is 0 Å². The molecule has 2 N–H and O–H groups in total. The van der Waals surface area contributed by atoms with Gasteiger partial charge in [0.2, 0.25) is 5.91 Å². The van der Waals surface area contributed by atoms with E-state index in [0.29, 0.717) is 45.3 Å². The fourth-order valence-corrected chi connectivity index (χ4v) is 4.59. The summed E-state index contributed by atoms with van der Waals surface area (Å²) in [6.45, 7) is 1.73. The molecule has 8 nitrogen and oxygen atoms in total. The van der Waals surface area contributed by atoms with Crippen LogP contribution >= 0.6 is 0 Å². The summed E-state index contributed by atoms with van der Waals surface area (Å²) in [5.74, 6) is -0.688. The maximum Gasteiger partial charge on any atom is 0.231 e. The normalized spacial score (nSPS) is 21.0. The lowest BCUT2D eigenvalue weighted by Crippen LogP contribution is -2.15. The molecule has 0 saturated heterocycles. The van der Waals surface area contributed by atoms with Crippen molar-refractivity contribution < 1.29 is 18.3 Å². The number of ether oxygens (including phenoxy) is 1. The maximum absolute atomic E-state index is 15.7. The number of amides is 1. The molecule has 10 heteroatoms. The Kier molecular flexibility index (Phi) is 4.48. The van der Waals surface area contributed by atoms with Crippen LogP contribution in [0.15, 0.2) is 24.8 Å². The molecule has 3 atom stereocenters. The number of nitrogens with zero attached hydrogens (tertiary/aromatic N) is 4. The molecule has 6 rings (SSSR count). The minimum Gasteiger partial charge on any atom is -0.376 e. The van der Waals surface area contributed by atoms with Gasteiger partial charge in [-0.25, -0.2) is 13.8 Å². The van der Waals surface area contributed by atoms with Gasteiger partial charge in [0.25, 0.3) is 0 Å². The molecule has 4 aromatic rings. The smallest absolute Gasteiger partial charge is 0.231 e. The number of rotatable bonds is 6. The number of benzene rings is 1. The number of methoxy groups -OCH3 is 1. The number of carbonyl (C=O) groups excluding carboxylic acids is 1. The SMILES string of the molecule is COC(c1c(F)c(C)c(-c2cn3cc(NC(=O)C4CC4F)nc3cn2)c2cn[nH]c12)C1CC1. The van der Waals surface area contributed by atoms with Crippen molar-refractivity contribution in [2.24, 2.45) is 11.8 Å². The molecule has 0 spiro atoms. The summed E-state index contributed by atoms with van der Waals surface area (Å²) in [4.78, 5) is 20.9. The van der Waals surface area contributed by atoms with Crippen LogP contribution in [-0.4, -0.2) is 43.8 Å². The Morgan fingerprint density at radius 3 is 2.82 bits per heavy atom. The van der Waals surface area contributed by atoms with Gasteiger partial charge in [0.1, 0.15) is 12.0 Å². The summed E-state index contributed by atoms with van der Waals surface area (Å²) >= 11 is 0. The standard InChI is InChI=1S/C23H22F2N6O2/c1-10-18(13-6-27-30-21(13)19(20(10)25)22(33-2)11-3-4-11)15-8-31-9-16(28-17(31)7-26-15)29-23(32)12-5-14(12)24/h6-9,11-12,14,22H,3-5H2,1-2H3,(H,27,30)(H,29,32). The van der Waals surface area contributed by atoms with E-state index >= 15 is 4.39 Å². The van der Waals surface area contributed by atoms with E-state index in [9.17, 15) is 9.18 Å². The quantitative estimate of drug-likeness (QED) is 0.459. The van der Waals surface area contributed by atoms with Crippen molar-refractivity contribution in [3.63, 3.8) is 0 Å². The summed E-state index contributed by atoms with van der Waals surface area (Å²) in [5, 5.41) is 10.5. The van der Waals surface area contributed by atoms with Gasteiger partial charge in [0, 0.05) is 29.8 Å². The third kappa shape index (κ3) is 3.28. The summed E-state index contributed by atoms with van der Waals surface area (Å²) < 4.78 is 36.2. The fraction of sp³-hybridized carbons (Fsp3) is 0.391. The number of aromatic nitrogens is 5. The number of alkyl halides is 1. The van der Waals surface area contributed by atoms with Crippen molar-refractivity contribution in [1.82, 2.24) is 24.6 Å². The molecule has 1 amide bonds. The summed E-state index contributed by atoms with van der Waals surface area (Å²) in [6.07, 6.45) is 7.46. The van der Waals surface area contributed by atoms with Crippen LogP contribution in [0.3, 0.4) is 0 Å². The highest BCUT2D eigenvalue weighted by Gasteiger charge is 2.43. The van der Waals surface area contributed by atoms with E-state index in [1.54, 1.807) is 43.2 Å². The van der Waals surface area contributed by atoms with Gasteiger partial charge in [-0.3, -0.25) is 14.9 Å². The molecular formula is C23H22F2N6O2. The van der Waals surface area contributed by atoms with Crippen LogP contribution in [0.25, 0.3) is 27.8 Å². The first-order chi connectivity index (χ1) is 16.0. The minimum absolute atomic E-state index is 0.247. The number of imidazole rings is 1. The zero-order chi connectivity index (χ0) is 22.9. The Morgan fingerprint density at radius 1 is 1.33 bits per heavy atom. The number of carbonyl (C=O) groups is 1. The van der Waals surface area contributed by atoms with Gasteiger partial charge < -0.3 is 14.5 Å². The molecule has 33 heavy (non-hydrogen) atoms. The van der Waals surface area contributed by atoms with Gasteiger partial charge >= 0.3 is 0 Å². The van der Waals surface area contributed by atoms with E-state index in [0.717, 1.165) is 18.2 Å². The van der Waals surface area contributed by atoms with Gasteiger partial charge in [-0.05, 0) is 37.7 Å². The molecule has 170 valence electrons. The molecule has 0 bridgehead atoms. The Hall–Kier alpha value is -3.40. The van der Waals surface area contributed by atoms with E-state index < -0.39 is 12.1 Å². The van der Waals surface area contributed by atoms with Crippen LogP contribution in [0.1, 0.15) is 36.5 Å². The van der Waals surface area contributed by atoms with Gasteiger partial charge in [-0.2, -0.15) is 5.10 Å². The summed E-state index contributed by atoms with van der Waals surface area (Å²) in [6, 6.07) is 0. The van der Waals surface area contributed by atoms with E-state index in [1.165, 1.54) is 0 Å². The largest absolute Gasteiger partial charge is 0.376 e. The Bertz CT molecular complexity index is 1410. The first-order valence-corrected chi connectivity index (χ1v) is 10.9. The average molecular weight is 452 g/mol. The molecule has 3 heterocycles. The van der Waals surface area contributed by atoms with Crippen molar-refractivity contribution in [2.45, 2.75) is 38.5 Å². The van der Waals surface area contributed by atoms with Crippen molar-refractivity contribution in [3.05, 3.63) is 41.7 Å². The lowest BCUT2D eigenvalue weighted by molar-refractivity contribution is -0.117. The van der Waals surface area contributed by atoms with Gasteiger partial charge in [0.05, 0.1) is 41.8 Å². The van der Waals surface area contributed by atoms with Gasteiger partial charge in [-0.15, -0.1) is 0 Å². The number of aromatic amines is 1. The second-order valence-electron chi connectivity index (χ2n) is 8.89. The molecule has 3 unspecified atom stereocenters. The second-order valence-corrected chi connectivity index (χ2v) is 8.89. The second kappa shape index (κ2) is 7.31. The Labute approximate surface area is 187 Å². The lowest BCUT2D eigenvalue weighted by Gasteiger charge is -2.20. The number of halogens is 2. The number of nitrogens with one attached hydrogen (secondary N) is 2. The number of hydrogen-bond acceptors (Lipinski definition) is 5. The number of hydrogen-bond donors (Lipinski definition) is 2. The molecule has 2 saturated carbocycles. The van der Waals surface area contributed by atoms with Crippen molar-refractivity contribution in [3.8, 4) is 11.3 Å². The highest BCUT2D eigenvalue weighted by Crippen LogP contribution is 2.47. The number of anilines is 1. The molecule has 1 aromatic carbocycles. The third-order valence-electron chi connectivity index (χ3n) is 6.61. The molecule has 2 fully saturated rings. The lowest BCUT2D eigenvalue weighted by atomic mass is 9.93. The fourth-order valence-electron chi connectivity index (χ4n) is 4.59. The van der Waals surface area contributed by atoms with E-state index in [4.69, 9.17) is 4.74 Å². The van der Waals surface area contributed by atoms with Crippen LogP contribution in [0.2, 0.25) is 0 Å². The predicted octanol–water partition coefficient (Wildman–Crippen LogP) is 4.11. The van der Waals surface area contributed by atoms with E-state index in [2.05, 4.69) is 25.5 Å². The molecular weight excluding hydrogens is 430 g/mol. The molecule has 0 aliphatic heterocycles. The van der Waals surface area contributed by atoms with E-state index in [1.807, 2.05) is 0 Å². The minimum atomic E-state index is -1.08. The topological polar surface area (TPSA) is 97.2 Å². The zero-order valence-electron chi connectivity index (χ0n) is 18.1. The van der Waals surface area contributed by atoms with Crippen LogP contribution < -0.4 is 5.32 Å². The van der Waals surface area contributed by atoms with Crippen LogP contribution in [0, 0.1) is 24.6 Å². The first-order valence-electron chi connectivity index (χ1n) is 10.9. The molecule has 2 aliphatic rings. The molecule has 3 aromatic heterocycles. The predicted molar refractivity (Wildman–Crippen MR) is 117 cm³/mol. The summed E-state index contributed by atoms with van der Waals surface area (Å²) in [5.41, 5.74) is 3.26. The van der Waals surface area contributed by atoms with Crippen LogP contribution in [0.4, 0.5) is 14.6 Å². The first kappa shape index (κ1) is 20.2. The average Bonchev–Trinajstić information content (AvgIpc) is 3.68. The third-order valence-corrected chi connectivity index (χ3v) is 6.61. The van der Waals surface area contributed by atoms with Gasteiger partial charge in [-0.1, -0.05) is 0 Å². The Balaban J connectivity index is 1.42. The van der Waals surface area contributed by atoms with Crippen molar-refractivity contribution >= 4 is 28.3 Å². The summed E-state index contributed by atoms with van der Waals surface area (Å²) in [7, 11) is 1.61. The monoisotopic (exact) mass is 452 g/mol. The maximum atomic E-state index is 15.7. The van der Waals surface area contributed by atoms with Gasteiger partial charge in [0.15, 0.2) is 11.5 Å². The van der Waals surface area contributed by atoms with Crippen molar-refractivity contribution in [2.75, 3.05) is 12.4 Å². The Morgan fingerprint density at radius 2 is 2.12 bits per heavy atom.